The van der Waals surface area contributed by atoms with Crippen LogP contribution in [0.3, 0.4) is 0 Å². The van der Waals surface area contributed by atoms with Gasteiger partial charge < -0.3 is 14.6 Å². The van der Waals surface area contributed by atoms with Crippen LogP contribution in [0.1, 0.15) is 36.6 Å². The van der Waals surface area contributed by atoms with Crippen molar-refractivity contribution in [2.75, 3.05) is 13.7 Å². The van der Waals surface area contributed by atoms with E-state index in [0.717, 1.165) is 18.7 Å². The predicted octanol–water partition coefficient (Wildman–Crippen LogP) is 3.05. The fourth-order valence-corrected chi connectivity index (χ4v) is 4.53. The number of ether oxygens (including phenoxy) is 1. The first-order valence-corrected chi connectivity index (χ1v) is 8.20. The highest BCUT2D eigenvalue weighted by Gasteiger charge is 2.46. The van der Waals surface area contributed by atoms with Crippen molar-refractivity contribution < 1.29 is 9.53 Å². The lowest BCUT2D eigenvalue weighted by atomic mass is 9.69. The fraction of sp³-hybridized carbons (Fsp3) is 0.421. The molecular weight excluding hydrogens is 288 g/mol. The number of nitrogens with one attached hydrogen (secondary N) is 1. The summed E-state index contributed by atoms with van der Waals surface area (Å²) in [5, 5.41) is 4.91. The third-order valence-electron chi connectivity index (χ3n) is 5.58. The molecule has 1 N–H and O–H groups in total. The van der Waals surface area contributed by atoms with E-state index < -0.39 is 0 Å². The zero-order valence-corrected chi connectivity index (χ0v) is 13.8. The first-order chi connectivity index (χ1) is 11.2. The Labute approximate surface area is 136 Å². The van der Waals surface area contributed by atoms with Gasteiger partial charge in [-0.15, -0.1) is 0 Å². The van der Waals surface area contributed by atoms with Crippen LogP contribution in [-0.2, 0) is 16.6 Å². The number of aryl methyl sites for hydroxylation is 1. The van der Waals surface area contributed by atoms with E-state index in [0.29, 0.717) is 6.04 Å². The van der Waals surface area contributed by atoms with Crippen molar-refractivity contribution in [1.29, 1.82) is 0 Å². The van der Waals surface area contributed by atoms with Crippen LogP contribution in [0.4, 0.5) is 0 Å². The summed E-state index contributed by atoms with van der Waals surface area (Å²) in [7, 11) is 3.56. The lowest BCUT2D eigenvalue weighted by Crippen LogP contribution is -2.43. The lowest BCUT2D eigenvalue weighted by Gasteiger charge is -2.42. The van der Waals surface area contributed by atoms with Gasteiger partial charge in [-0.1, -0.05) is 29.8 Å². The van der Waals surface area contributed by atoms with Gasteiger partial charge in [-0.05, 0) is 25.0 Å². The maximum absolute atomic E-state index is 12.6. The molecule has 1 aliphatic heterocycles. The average Bonchev–Trinajstić information content (AvgIpc) is 2.89. The van der Waals surface area contributed by atoms with E-state index >= 15 is 0 Å². The highest BCUT2D eigenvalue weighted by molar-refractivity contribution is 5.90. The van der Waals surface area contributed by atoms with E-state index in [1.165, 1.54) is 29.1 Å². The van der Waals surface area contributed by atoms with Gasteiger partial charge in [-0.25, -0.2) is 0 Å². The summed E-state index contributed by atoms with van der Waals surface area (Å²) in [5.74, 6) is -0.104. The van der Waals surface area contributed by atoms with Gasteiger partial charge in [0, 0.05) is 42.1 Å². The minimum Gasteiger partial charge on any atom is -0.468 e. The van der Waals surface area contributed by atoms with E-state index in [2.05, 4.69) is 54.2 Å². The minimum absolute atomic E-state index is 0.123. The number of nitrogens with zero attached hydrogens (tertiary/aromatic N) is 1. The van der Waals surface area contributed by atoms with Gasteiger partial charge in [0.05, 0.1) is 7.11 Å². The molecule has 4 rings (SSSR count). The van der Waals surface area contributed by atoms with Crippen LogP contribution in [0.15, 0.2) is 35.9 Å². The molecule has 1 aromatic heterocycles. The van der Waals surface area contributed by atoms with Crippen LogP contribution in [0.5, 0.6) is 0 Å². The number of fused-ring (bicyclic) bond motifs is 6. The van der Waals surface area contributed by atoms with Crippen LogP contribution in [-0.4, -0.2) is 24.2 Å². The van der Waals surface area contributed by atoms with Crippen LogP contribution in [0.25, 0.3) is 10.9 Å². The Bertz CT molecular complexity index is 818. The number of hydrogen-bond donors (Lipinski definition) is 1. The number of rotatable bonds is 1. The largest absolute Gasteiger partial charge is 0.468 e. The summed E-state index contributed by atoms with van der Waals surface area (Å²) in [5.41, 5.74) is 4.89. The molecule has 0 amide bonds. The Balaban J connectivity index is 2.02. The van der Waals surface area contributed by atoms with Crippen LogP contribution >= 0.6 is 0 Å². The Hall–Kier alpha value is -2.07. The first kappa shape index (κ1) is 14.5. The van der Waals surface area contributed by atoms with Crippen molar-refractivity contribution in [2.24, 2.45) is 13.0 Å². The number of carbonyl (C=O) groups excluding carboxylic acids is 1. The number of allylic oxidation sites excluding steroid dienone is 1. The number of benzene rings is 1. The van der Waals surface area contributed by atoms with E-state index in [1.54, 1.807) is 0 Å². The summed E-state index contributed by atoms with van der Waals surface area (Å²) >= 11 is 0. The van der Waals surface area contributed by atoms with Gasteiger partial charge in [0.15, 0.2) is 0 Å². The standard InChI is InChI=1S/C19H22N2O2/c1-4-11-10-20-14-9-13(11)17(19(22)23-3)18-16(14)12-7-5-6-8-15(12)21(18)2/h4-8,13-14,17,20H,9-10H2,1-3H3/b11-4-/t13-,14-,17-/m0/s1. The zero-order chi connectivity index (χ0) is 16.1. The van der Waals surface area contributed by atoms with Gasteiger partial charge in [-0.3, -0.25) is 4.79 Å². The number of hydrogen-bond acceptors (Lipinski definition) is 3. The fourth-order valence-electron chi connectivity index (χ4n) is 4.53. The third kappa shape index (κ3) is 1.91. The van der Waals surface area contributed by atoms with Gasteiger partial charge in [-0.2, -0.15) is 0 Å². The first-order valence-electron chi connectivity index (χ1n) is 8.20. The molecule has 0 radical (unpaired) electrons. The topological polar surface area (TPSA) is 43.3 Å². The van der Waals surface area contributed by atoms with Gasteiger partial charge >= 0.3 is 5.97 Å². The molecule has 1 aromatic carbocycles. The molecule has 2 bridgehead atoms. The van der Waals surface area contributed by atoms with Crippen LogP contribution < -0.4 is 5.32 Å². The Morgan fingerprint density at radius 2 is 2.17 bits per heavy atom. The molecule has 2 heterocycles. The van der Waals surface area contributed by atoms with Gasteiger partial charge in [0.1, 0.15) is 5.92 Å². The number of piperidine rings is 1. The minimum atomic E-state index is -0.211. The molecule has 1 fully saturated rings. The molecule has 3 atom stereocenters. The van der Waals surface area contributed by atoms with Crippen LogP contribution in [0.2, 0.25) is 0 Å². The molecule has 2 aliphatic rings. The molecule has 0 spiro atoms. The number of carbonyl (C=O) groups is 1. The Morgan fingerprint density at radius 3 is 2.91 bits per heavy atom. The maximum Gasteiger partial charge on any atom is 0.315 e. The zero-order valence-electron chi connectivity index (χ0n) is 13.8. The van der Waals surface area contributed by atoms with Crippen LogP contribution in [0, 0.1) is 5.92 Å². The maximum atomic E-state index is 12.6. The molecule has 120 valence electrons. The van der Waals surface area contributed by atoms with Crippen molar-refractivity contribution in [2.45, 2.75) is 25.3 Å². The summed E-state index contributed by atoms with van der Waals surface area (Å²) in [6.45, 7) is 2.91. The molecule has 4 heteroatoms. The van der Waals surface area contributed by atoms with E-state index in [4.69, 9.17) is 4.74 Å². The molecule has 1 saturated heterocycles. The highest BCUT2D eigenvalue weighted by Crippen LogP contribution is 2.50. The quantitative estimate of drug-likeness (QED) is 0.650. The summed E-state index contributed by atoms with van der Waals surface area (Å²) in [4.78, 5) is 12.6. The van der Waals surface area contributed by atoms with Gasteiger partial charge in [0.25, 0.3) is 0 Å². The van der Waals surface area contributed by atoms with Crippen molar-refractivity contribution in [3.63, 3.8) is 0 Å². The molecule has 2 aromatic rings. The molecular formula is C19H22N2O2. The molecule has 4 nitrogen and oxygen atoms in total. The van der Waals surface area contributed by atoms with Crippen molar-refractivity contribution in [3.8, 4) is 0 Å². The predicted molar refractivity (Wildman–Crippen MR) is 90.3 cm³/mol. The third-order valence-corrected chi connectivity index (χ3v) is 5.58. The number of methoxy groups -OCH3 is 1. The Morgan fingerprint density at radius 1 is 1.39 bits per heavy atom. The normalized spacial score (nSPS) is 28.0. The van der Waals surface area contributed by atoms with E-state index in [1.807, 2.05) is 0 Å². The van der Waals surface area contributed by atoms with Gasteiger partial charge in [0.2, 0.25) is 0 Å². The Kier molecular flexibility index (Phi) is 3.31. The summed E-state index contributed by atoms with van der Waals surface area (Å²) in [6, 6.07) is 8.73. The molecule has 1 aliphatic carbocycles. The SMILES string of the molecule is C/C=C1/CN[C@H]2C[C@@H]1[C@H](C(=O)OC)c1c2c2ccccc2n1C. The molecule has 0 unspecified atom stereocenters. The lowest BCUT2D eigenvalue weighted by molar-refractivity contribution is -0.144. The highest BCUT2D eigenvalue weighted by atomic mass is 16.5. The second kappa shape index (κ2) is 5.24. The molecule has 23 heavy (non-hydrogen) atoms. The van der Waals surface area contributed by atoms with Crippen molar-refractivity contribution in [3.05, 3.63) is 47.2 Å². The molecule has 0 saturated carbocycles. The number of esters is 1. The number of para-hydroxylation sites is 1. The second-order valence-corrected chi connectivity index (χ2v) is 6.52. The summed E-state index contributed by atoms with van der Waals surface area (Å²) < 4.78 is 7.37. The second-order valence-electron chi connectivity index (χ2n) is 6.52. The average molecular weight is 310 g/mol. The van der Waals surface area contributed by atoms with Crippen molar-refractivity contribution >= 4 is 16.9 Å². The monoisotopic (exact) mass is 310 g/mol. The smallest absolute Gasteiger partial charge is 0.315 e. The number of aromatic nitrogens is 1. The summed E-state index contributed by atoms with van der Waals surface area (Å²) in [6.07, 6.45) is 3.11. The van der Waals surface area contributed by atoms with E-state index in [-0.39, 0.29) is 17.8 Å². The van der Waals surface area contributed by atoms with Crippen molar-refractivity contribution in [1.82, 2.24) is 9.88 Å². The van der Waals surface area contributed by atoms with E-state index in [9.17, 15) is 4.79 Å².